The first-order valence-electron chi connectivity index (χ1n) is 11.9. The quantitative estimate of drug-likeness (QED) is 0.289. The third-order valence-electron chi connectivity index (χ3n) is 6.01. The van der Waals surface area contributed by atoms with E-state index in [1.165, 1.54) is 0 Å². The molecule has 12 heteroatoms. The van der Waals surface area contributed by atoms with Gasteiger partial charge < -0.3 is 30.7 Å². The van der Waals surface area contributed by atoms with Crippen molar-refractivity contribution in [2.45, 2.75) is 37.3 Å². The van der Waals surface area contributed by atoms with Gasteiger partial charge in [0.15, 0.2) is 0 Å². The van der Waals surface area contributed by atoms with Crippen LogP contribution in [0.3, 0.4) is 0 Å². The Morgan fingerprint density at radius 2 is 1.63 bits per heavy atom. The zero-order valence-electron chi connectivity index (χ0n) is 20.6. The van der Waals surface area contributed by atoms with E-state index < -0.39 is 18.1 Å². The molecule has 5 N–H and O–H groups in total. The molecule has 0 unspecified atom stereocenters. The van der Waals surface area contributed by atoms with E-state index in [1.54, 1.807) is 12.1 Å². The number of nitrogens with one attached hydrogen (secondary N) is 2. The molecule has 0 aliphatic carbocycles. The highest BCUT2D eigenvalue weighted by molar-refractivity contribution is 5.94. The summed E-state index contributed by atoms with van der Waals surface area (Å²) in [6, 6.07) is 15.2. The van der Waals surface area contributed by atoms with E-state index in [1.807, 2.05) is 24.3 Å². The van der Waals surface area contributed by atoms with Crippen LogP contribution in [-0.4, -0.2) is 72.2 Å². The fourth-order valence-corrected chi connectivity index (χ4v) is 4.12. The number of phenols is 1. The first-order chi connectivity index (χ1) is 18.0. The molecule has 9 nitrogen and oxygen atoms in total. The molecule has 0 radical (unpaired) electrons. The first-order valence-corrected chi connectivity index (χ1v) is 11.9. The molecule has 1 aliphatic heterocycles. The standard InChI is InChI=1S/C24H30N2O5.C2HF3O2/c27-21-8-7-18(23(30)26-12-4-15-31-16-9-22(28)29)17-20(21)24(10-13-25-14-11-24)19-5-2-1-3-6-19;3-2(4,5)1(6)7/h1-3,5-8,17,25,27H,4,9-16H2,(H,26,30)(H,28,29);(H,6,7). The molecule has 0 spiro atoms. The second-order valence-electron chi connectivity index (χ2n) is 8.60. The Morgan fingerprint density at radius 1 is 1.00 bits per heavy atom. The third-order valence-corrected chi connectivity index (χ3v) is 6.01. The molecule has 1 heterocycles. The highest BCUT2D eigenvalue weighted by atomic mass is 19.4. The Hall–Kier alpha value is -3.64. The molecule has 38 heavy (non-hydrogen) atoms. The van der Waals surface area contributed by atoms with Gasteiger partial charge in [0.2, 0.25) is 0 Å². The number of rotatable bonds is 10. The zero-order valence-corrected chi connectivity index (χ0v) is 20.6. The van der Waals surface area contributed by atoms with Crippen molar-refractivity contribution in [3.63, 3.8) is 0 Å². The number of phenolic OH excluding ortho intramolecular Hbond substituents is 1. The van der Waals surface area contributed by atoms with E-state index in [4.69, 9.17) is 19.7 Å². The molecular formula is C26H31F3N2O7. The molecule has 1 fully saturated rings. The van der Waals surface area contributed by atoms with Crippen LogP contribution in [0, 0.1) is 0 Å². The van der Waals surface area contributed by atoms with E-state index in [0.717, 1.165) is 37.1 Å². The summed E-state index contributed by atoms with van der Waals surface area (Å²) in [7, 11) is 0. The largest absolute Gasteiger partial charge is 0.508 e. The molecule has 1 saturated heterocycles. The number of carbonyl (C=O) groups excluding carboxylic acids is 1. The predicted octanol–water partition coefficient (Wildman–Crippen LogP) is 3.31. The SMILES string of the molecule is O=C(O)C(F)(F)F.O=C(O)CCOCCCNC(=O)c1ccc(O)c(C2(c3ccccc3)CCNCC2)c1. The molecule has 0 saturated carbocycles. The van der Waals surface area contributed by atoms with Crippen LogP contribution in [0.15, 0.2) is 48.5 Å². The Bertz CT molecular complexity index is 1070. The Morgan fingerprint density at radius 3 is 2.21 bits per heavy atom. The lowest BCUT2D eigenvalue weighted by Gasteiger charge is -2.39. The number of aliphatic carboxylic acids is 2. The molecule has 0 bridgehead atoms. The number of amides is 1. The van der Waals surface area contributed by atoms with Crippen molar-refractivity contribution in [2.24, 2.45) is 0 Å². The Labute approximate surface area is 217 Å². The molecule has 3 rings (SSSR count). The number of piperidine rings is 1. The lowest BCUT2D eigenvalue weighted by molar-refractivity contribution is -0.192. The van der Waals surface area contributed by atoms with Gasteiger partial charge in [-0.05, 0) is 56.1 Å². The first kappa shape index (κ1) is 30.6. The normalized spacial score (nSPS) is 14.6. The summed E-state index contributed by atoms with van der Waals surface area (Å²) in [5.74, 6) is -3.65. The van der Waals surface area contributed by atoms with Crippen LogP contribution in [0.25, 0.3) is 0 Å². The lowest BCUT2D eigenvalue weighted by atomic mass is 9.68. The van der Waals surface area contributed by atoms with Crippen LogP contribution in [0.2, 0.25) is 0 Å². The number of alkyl halides is 3. The molecule has 1 aliphatic rings. The van der Waals surface area contributed by atoms with Crippen molar-refractivity contribution in [1.29, 1.82) is 0 Å². The Balaban J connectivity index is 0.000000638. The second kappa shape index (κ2) is 14.3. The summed E-state index contributed by atoms with van der Waals surface area (Å²) in [5, 5.41) is 32.7. The van der Waals surface area contributed by atoms with Crippen molar-refractivity contribution in [3.05, 3.63) is 65.2 Å². The number of hydrogen-bond donors (Lipinski definition) is 5. The topological polar surface area (TPSA) is 145 Å². The van der Waals surface area contributed by atoms with Crippen molar-refractivity contribution >= 4 is 17.8 Å². The summed E-state index contributed by atoms with van der Waals surface area (Å²) in [5.41, 5.74) is 2.09. The smallest absolute Gasteiger partial charge is 0.490 e. The van der Waals surface area contributed by atoms with Crippen LogP contribution in [0.4, 0.5) is 13.2 Å². The maximum atomic E-state index is 12.7. The van der Waals surface area contributed by atoms with Crippen LogP contribution in [-0.2, 0) is 19.7 Å². The molecule has 208 valence electrons. The minimum absolute atomic E-state index is 0.0265. The molecule has 0 atom stereocenters. The second-order valence-corrected chi connectivity index (χ2v) is 8.60. The van der Waals surface area contributed by atoms with Crippen LogP contribution >= 0.6 is 0 Å². The van der Waals surface area contributed by atoms with E-state index >= 15 is 0 Å². The van der Waals surface area contributed by atoms with Gasteiger partial charge in [-0.1, -0.05) is 30.3 Å². The third kappa shape index (κ3) is 9.03. The van der Waals surface area contributed by atoms with Gasteiger partial charge in [-0.25, -0.2) is 4.79 Å². The van der Waals surface area contributed by atoms with Gasteiger partial charge in [0, 0.05) is 29.7 Å². The van der Waals surface area contributed by atoms with Gasteiger partial charge in [-0.15, -0.1) is 0 Å². The van der Waals surface area contributed by atoms with E-state index in [2.05, 4.69) is 22.8 Å². The molecule has 1 amide bonds. The number of carbonyl (C=O) groups is 3. The maximum Gasteiger partial charge on any atom is 0.490 e. The van der Waals surface area contributed by atoms with Crippen molar-refractivity contribution in [3.8, 4) is 5.75 Å². The van der Waals surface area contributed by atoms with E-state index in [9.17, 15) is 27.9 Å². The summed E-state index contributed by atoms with van der Waals surface area (Å²) in [6.45, 7) is 2.66. The number of carboxylic acid groups (broad SMARTS) is 2. The van der Waals surface area contributed by atoms with Crippen molar-refractivity contribution < 1.29 is 47.6 Å². The fraction of sp³-hybridized carbons (Fsp3) is 0.423. The summed E-state index contributed by atoms with van der Waals surface area (Å²) < 4.78 is 37.0. The minimum atomic E-state index is -5.08. The summed E-state index contributed by atoms with van der Waals surface area (Å²) in [6.07, 6.45) is -2.84. The highest BCUT2D eigenvalue weighted by Crippen LogP contribution is 2.44. The van der Waals surface area contributed by atoms with Crippen LogP contribution < -0.4 is 10.6 Å². The van der Waals surface area contributed by atoms with Crippen molar-refractivity contribution in [2.75, 3.05) is 32.8 Å². The van der Waals surface area contributed by atoms with Gasteiger partial charge >= 0.3 is 18.1 Å². The Kier molecular flexibility index (Phi) is 11.5. The molecule has 0 aromatic heterocycles. The van der Waals surface area contributed by atoms with Crippen LogP contribution in [0.5, 0.6) is 5.75 Å². The number of ether oxygens (including phenoxy) is 1. The van der Waals surface area contributed by atoms with Crippen molar-refractivity contribution in [1.82, 2.24) is 10.6 Å². The number of carboxylic acids is 2. The van der Waals surface area contributed by atoms with E-state index in [-0.39, 0.29) is 30.1 Å². The van der Waals surface area contributed by atoms with E-state index in [0.29, 0.717) is 25.1 Å². The number of hydrogen-bond acceptors (Lipinski definition) is 6. The average Bonchev–Trinajstić information content (AvgIpc) is 2.89. The van der Waals surface area contributed by atoms with Crippen LogP contribution in [0.1, 0.15) is 47.2 Å². The zero-order chi connectivity index (χ0) is 28.2. The fourth-order valence-electron chi connectivity index (χ4n) is 4.12. The van der Waals surface area contributed by atoms with Gasteiger partial charge in [-0.3, -0.25) is 9.59 Å². The summed E-state index contributed by atoms with van der Waals surface area (Å²) >= 11 is 0. The lowest BCUT2D eigenvalue weighted by Crippen LogP contribution is -2.41. The highest BCUT2D eigenvalue weighted by Gasteiger charge is 2.39. The maximum absolute atomic E-state index is 12.7. The van der Waals surface area contributed by atoms with Gasteiger partial charge in [0.25, 0.3) is 5.91 Å². The number of benzene rings is 2. The monoisotopic (exact) mass is 540 g/mol. The molecule has 2 aromatic rings. The van der Waals surface area contributed by atoms with Gasteiger partial charge in [0.05, 0.1) is 13.0 Å². The predicted molar refractivity (Wildman–Crippen MR) is 131 cm³/mol. The minimum Gasteiger partial charge on any atom is -0.508 e. The number of halogens is 3. The molecule has 2 aromatic carbocycles. The average molecular weight is 541 g/mol. The van der Waals surface area contributed by atoms with Gasteiger partial charge in [-0.2, -0.15) is 13.2 Å². The number of aromatic hydroxyl groups is 1. The van der Waals surface area contributed by atoms with Gasteiger partial charge in [0.1, 0.15) is 5.75 Å². The molecular weight excluding hydrogens is 509 g/mol. The summed E-state index contributed by atoms with van der Waals surface area (Å²) in [4.78, 5) is 32.0.